The molecule has 3 rings (SSSR count). The highest BCUT2D eigenvalue weighted by Crippen LogP contribution is 2.30. The first-order valence-electron chi connectivity index (χ1n) is 7.27. The van der Waals surface area contributed by atoms with Crippen molar-refractivity contribution >= 4 is 57.4 Å². The van der Waals surface area contributed by atoms with Gasteiger partial charge in [-0.05, 0) is 84.0 Å². The van der Waals surface area contributed by atoms with Gasteiger partial charge in [-0.25, -0.2) is 4.90 Å². The van der Waals surface area contributed by atoms with E-state index in [1.807, 2.05) is 44.2 Å². The molecule has 1 aliphatic heterocycles. The van der Waals surface area contributed by atoms with Crippen molar-refractivity contribution in [3.63, 3.8) is 0 Å². The largest absolute Gasteiger partial charge is 0.350 e. The summed E-state index contributed by atoms with van der Waals surface area (Å²) >= 11 is 8.29. The minimum absolute atomic E-state index is 0.100. The molecule has 2 amide bonds. The third kappa shape index (κ3) is 3.06. The standard InChI is InChI=1S/C18H14ClIN2O2/c1-10-3-6-13(9-11(10)2)21-16-15(19)17(23)22(18(16)24)14-7-4-12(20)5-8-14/h3-9,21H,1-2H3. The lowest BCUT2D eigenvalue weighted by molar-refractivity contribution is -0.120. The van der Waals surface area contributed by atoms with Crippen molar-refractivity contribution < 1.29 is 9.59 Å². The Balaban J connectivity index is 1.91. The summed E-state index contributed by atoms with van der Waals surface area (Å²) in [6.07, 6.45) is 0. The molecule has 122 valence electrons. The number of nitrogens with one attached hydrogen (secondary N) is 1. The molecule has 1 aliphatic rings. The van der Waals surface area contributed by atoms with Crippen molar-refractivity contribution in [2.24, 2.45) is 0 Å². The summed E-state index contributed by atoms with van der Waals surface area (Å²) < 4.78 is 1.02. The number of anilines is 2. The number of halogens is 2. The van der Waals surface area contributed by atoms with E-state index in [9.17, 15) is 9.59 Å². The maximum Gasteiger partial charge on any atom is 0.283 e. The van der Waals surface area contributed by atoms with Crippen LogP contribution in [0.2, 0.25) is 0 Å². The number of amides is 2. The Kier molecular flexibility index (Phi) is 4.64. The molecule has 1 N–H and O–H groups in total. The Morgan fingerprint density at radius 3 is 2.25 bits per heavy atom. The molecule has 0 fully saturated rings. The summed E-state index contributed by atoms with van der Waals surface area (Å²) in [6, 6.07) is 12.8. The SMILES string of the molecule is Cc1ccc(NC2=C(Cl)C(=O)N(c3ccc(I)cc3)C2=O)cc1C. The zero-order valence-electron chi connectivity index (χ0n) is 13.1. The van der Waals surface area contributed by atoms with Gasteiger partial charge in [0, 0.05) is 9.26 Å². The van der Waals surface area contributed by atoms with Crippen LogP contribution in [0.1, 0.15) is 11.1 Å². The lowest BCUT2D eigenvalue weighted by Crippen LogP contribution is -2.32. The van der Waals surface area contributed by atoms with Gasteiger partial charge in [0.25, 0.3) is 11.8 Å². The fourth-order valence-electron chi connectivity index (χ4n) is 2.40. The second-order valence-electron chi connectivity index (χ2n) is 5.54. The molecule has 0 spiro atoms. The smallest absolute Gasteiger partial charge is 0.283 e. The van der Waals surface area contributed by atoms with Crippen molar-refractivity contribution in [1.29, 1.82) is 0 Å². The van der Waals surface area contributed by atoms with Gasteiger partial charge in [0.05, 0.1) is 5.69 Å². The summed E-state index contributed by atoms with van der Waals surface area (Å²) in [4.78, 5) is 26.1. The highest BCUT2D eigenvalue weighted by molar-refractivity contribution is 14.1. The van der Waals surface area contributed by atoms with Crippen LogP contribution in [0.25, 0.3) is 0 Å². The average Bonchev–Trinajstić information content (AvgIpc) is 2.76. The molecule has 0 bridgehead atoms. The fourth-order valence-corrected chi connectivity index (χ4v) is 2.97. The minimum atomic E-state index is -0.519. The molecule has 1 heterocycles. The van der Waals surface area contributed by atoms with E-state index >= 15 is 0 Å². The van der Waals surface area contributed by atoms with Crippen LogP contribution in [-0.4, -0.2) is 11.8 Å². The summed E-state index contributed by atoms with van der Waals surface area (Å²) in [5, 5.41) is 2.88. The lowest BCUT2D eigenvalue weighted by atomic mass is 10.1. The molecule has 0 aliphatic carbocycles. The van der Waals surface area contributed by atoms with Gasteiger partial charge >= 0.3 is 0 Å². The van der Waals surface area contributed by atoms with E-state index in [-0.39, 0.29) is 10.7 Å². The number of carbonyl (C=O) groups excluding carboxylic acids is 2. The minimum Gasteiger partial charge on any atom is -0.350 e. The van der Waals surface area contributed by atoms with Gasteiger partial charge in [-0.2, -0.15) is 0 Å². The van der Waals surface area contributed by atoms with Gasteiger partial charge < -0.3 is 5.32 Å². The molecule has 0 unspecified atom stereocenters. The van der Waals surface area contributed by atoms with Crippen molar-refractivity contribution in [3.8, 4) is 0 Å². The van der Waals surface area contributed by atoms with Gasteiger partial charge in [-0.1, -0.05) is 17.7 Å². The Labute approximate surface area is 158 Å². The molecule has 0 saturated carbocycles. The van der Waals surface area contributed by atoms with Crippen LogP contribution < -0.4 is 10.2 Å². The van der Waals surface area contributed by atoms with Crippen LogP contribution in [0.5, 0.6) is 0 Å². The molecule has 0 radical (unpaired) electrons. The summed E-state index contributed by atoms with van der Waals surface area (Å²) in [5.74, 6) is -0.973. The number of rotatable bonds is 3. The number of aryl methyl sites for hydroxylation is 2. The first-order valence-corrected chi connectivity index (χ1v) is 8.72. The van der Waals surface area contributed by atoms with E-state index in [1.165, 1.54) is 0 Å². The Bertz CT molecular complexity index is 875. The van der Waals surface area contributed by atoms with E-state index in [0.29, 0.717) is 5.69 Å². The molecular weight excluding hydrogens is 439 g/mol. The molecule has 6 heteroatoms. The molecular formula is C18H14ClIN2O2. The van der Waals surface area contributed by atoms with Gasteiger partial charge in [0.15, 0.2) is 0 Å². The third-order valence-electron chi connectivity index (χ3n) is 3.89. The summed E-state index contributed by atoms with van der Waals surface area (Å²) in [6.45, 7) is 3.99. The van der Waals surface area contributed by atoms with Gasteiger partial charge in [0.1, 0.15) is 10.7 Å². The molecule has 0 saturated heterocycles. The van der Waals surface area contributed by atoms with Gasteiger partial charge in [0.2, 0.25) is 0 Å². The van der Waals surface area contributed by atoms with Crippen molar-refractivity contribution in [3.05, 3.63) is 67.9 Å². The Morgan fingerprint density at radius 1 is 0.958 bits per heavy atom. The van der Waals surface area contributed by atoms with Gasteiger partial charge in [-0.15, -0.1) is 0 Å². The lowest BCUT2D eigenvalue weighted by Gasteiger charge is -2.15. The van der Waals surface area contributed by atoms with E-state index in [1.54, 1.807) is 12.1 Å². The van der Waals surface area contributed by atoms with E-state index in [2.05, 4.69) is 27.9 Å². The van der Waals surface area contributed by atoms with Crippen molar-refractivity contribution in [2.45, 2.75) is 13.8 Å². The number of benzene rings is 2. The second-order valence-corrected chi connectivity index (χ2v) is 7.16. The fraction of sp³-hybridized carbons (Fsp3) is 0.111. The second kappa shape index (κ2) is 6.57. The number of carbonyl (C=O) groups is 2. The topological polar surface area (TPSA) is 49.4 Å². The zero-order chi connectivity index (χ0) is 17.4. The highest BCUT2D eigenvalue weighted by Gasteiger charge is 2.38. The normalized spacial score (nSPS) is 14.6. The zero-order valence-corrected chi connectivity index (χ0v) is 16.0. The molecule has 0 aromatic heterocycles. The maximum atomic E-state index is 12.7. The van der Waals surface area contributed by atoms with Crippen molar-refractivity contribution in [1.82, 2.24) is 0 Å². The first kappa shape index (κ1) is 17.0. The van der Waals surface area contributed by atoms with E-state index in [4.69, 9.17) is 11.6 Å². The molecule has 4 nitrogen and oxygen atoms in total. The molecule has 2 aromatic rings. The van der Waals surface area contributed by atoms with Crippen molar-refractivity contribution in [2.75, 3.05) is 10.2 Å². The van der Waals surface area contributed by atoms with E-state index < -0.39 is 11.8 Å². The third-order valence-corrected chi connectivity index (χ3v) is 4.96. The number of hydrogen-bond donors (Lipinski definition) is 1. The molecule has 24 heavy (non-hydrogen) atoms. The molecule has 0 atom stereocenters. The number of nitrogens with zero attached hydrogens (tertiary/aromatic N) is 1. The van der Waals surface area contributed by atoms with Crippen LogP contribution >= 0.6 is 34.2 Å². The Hall–Kier alpha value is -1.86. The maximum absolute atomic E-state index is 12.7. The predicted molar refractivity (Wildman–Crippen MR) is 104 cm³/mol. The quantitative estimate of drug-likeness (QED) is 0.557. The monoisotopic (exact) mass is 452 g/mol. The van der Waals surface area contributed by atoms with Crippen LogP contribution in [0.3, 0.4) is 0 Å². The predicted octanol–water partition coefficient (Wildman–Crippen LogP) is 4.34. The van der Waals surface area contributed by atoms with Crippen LogP contribution in [0, 0.1) is 17.4 Å². The number of hydrogen-bond acceptors (Lipinski definition) is 3. The van der Waals surface area contributed by atoms with E-state index in [0.717, 1.165) is 25.3 Å². The average molecular weight is 453 g/mol. The van der Waals surface area contributed by atoms with Crippen LogP contribution in [0.15, 0.2) is 53.2 Å². The summed E-state index contributed by atoms with van der Waals surface area (Å²) in [5.41, 5.74) is 3.55. The highest BCUT2D eigenvalue weighted by atomic mass is 127. The Morgan fingerprint density at radius 2 is 1.62 bits per heavy atom. The summed E-state index contributed by atoms with van der Waals surface area (Å²) in [7, 11) is 0. The molecule has 2 aromatic carbocycles. The van der Waals surface area contributed by atoms with Crippen LogP contribution in [0.4, 0.5) is 11.4 Å². The van der Waals surface area contributed by atoms with Gasteiger partial charge in [-0.3, -0.25) is 9.59 Å². The first-order chi connectivity index (χ1) is 11.4. The number of imide groups is 1. The van der Waals surface area contributed by atoms with Crippen LogP contribution in [-0.2, 0) is 9.59 Å².